The van der Waals surface area contributed by atoms with Gasteiger partial charge in [0, 0.05) is 45.6 Å². The zero-order valence-corrected chi connectivity index (χ0v) is 12.2. The highest BCUT2D eigenvalue weighted by Crippen LogP contribution is 2.20. The Bertz CT molecular complexity index is 376. The molecule has 0 spiro atoms. The summed E-state index contributed by atoms with van der Waals surface area (Å²) in [7, 11) is 2.05. The van der Waals surface area contributed by atoms with Crippen molar-refractivity contribution >= 4 is 5.95 Å². The third-order valence-electron chi connectivity index (χ3n) is 3.31. The quantitative estimate of drug-likeness (QED) is 0.801. The number of anilines is 1. The Kier molecular flexibility index (Phi) is 4.71. The minimum absolute atomic E-state index is 0.200. The van der Waals surface area contributed by atoms with Gasteiger partial charge in [-0.3, -0.25) is 4.90 Å². The van der Waals surface area contributed by atoms with E-state index in [-0.39, 0.29) is 5.41 Å². The number of rotatable bonds is 5. The van der Waals surface area contributed by atoms with Crippen molar-refractivity contribution in [3.05, 3.63) is 18.5 Å². The number of hydrogen-bond donors (Lipinski definition) is 0. The predicted octanol–water partition coefficient (Wildman–Crippen LogP) is 1.27. The first-order valence-corrected chi connectivity index (χ1v) is 6.85. The average molecular weight is 264 g/mol. The monoisotopic (exact) mass is 264 g/mol. The molecule has 0 unspecified atom stereocenters. The van der Waals surface area contributed by atoms with Crippen LogP contribution in [0, 0.1) is 5.41 Å². The lowest BCUT2D eigenvalue weighted by Crippen LogP contribution is -2.45. The van der Waals surface area contributed by atoms with E-state index < -0.39 is 0 Å². The normalized spacial score (nSPS) is 17.4. The Morgan fingerprint density at radius 3 is 2.53 bits per heavy atom. The summed E-state index contributed by atoms with van der Waals surface area (Å²) in [5, 5.41) is 0. The van der Waals surface area contributed by atoms with Crippen LogP contribution < -0.4 is 4.90 Å². The predicted molar refractivity (Wildman–Crippen MR) is 76.3 cm³/mol. The van der Waals surface area contributed by atoms with Crippen molar-refractivity contribution in [3.8, 4) is 0 Å². The first kappa shape index (κ1) is 14.2. The van der Waals surface area contributed by atoms with Crippen molar-refractivity contribution in [1.82, 2.24) is 14.9 Å². The van der Waals surface area contributed by atoms with Crippen molar-refractivity contribution in [3.63, 3.8) is 0 Å². The second kappa shape index (κ2) is 6.30. The van der Waals surface area contributed by atoms with E-state index in [9.17, 15) is 0 Å². The zero-order chi connectivity index (χ0) is 13.7. The fourth-order valence-corrected chi connectivity index (χ4v) is 2.62. The van der Waals surface area contributed by atoms with Gasteiger partial charge < -0.3 is 9.64 Å². The molecule has 0 amide bonds. The van der Waals surface area contributed by atoms with Gasteiger partial charge >= 0.3 is 0 Å². The molecule has 1 fully saturated rings. The molecule has 0 aromatic carbocycles. The van der Waals surface area contributed by atoms with Gasteiger partial charge in [0.2, 0.25) is 5.95 Å². The standard InChI is InChI=1S/C14H24N4O/c1-14(2,12-18-7-9-19-10-8-18)11-17(3)13-15-5-4-6-16-13/h4-6H,7-12H2,1-3H3. The summed E-state index contributed by atoms with van der Waals surface area (Å²) in [4.78, 5) is 13.2. The first-order valence-electron chi connectivity index (χ1n) is 6.85. The topological polar surface area (TPSA) is 41.5 Å². The van der Waals surface area contributed by atoms with E-state index in [0.29, 0.717) is 0 Å². The van der Waals surface area contributed by atoms with Gasteiger partial charge in [-0.05, 0) is 11.5 Å². The molecule has 0 bridgehead atoms. The van der Waals surface area contributed by atoms with Crippen LogP contribution in [-0.2, 0) is 4.74 Å². The molecule has 5 nitrogen and oxygen atoms in total. The largest absolute Gasteiger partial charge is 0.379 e. The highest BCUT2D eigenvalue weighted by Gasteiger charge is 2.25. The van der Waals surface area contributed by atoms with E-state index in [1.165, 1.54) is 0 Å². The number of hydrogen-bond acceptors (Lipinski definition) is 5. The van der Waals surface area contributed by atoms with Crippen LogP contribution in [0.1, 0.15) is 13.8 Å². The molecule has 1 aromatic heterocycles. The molecule has 0 atom stereocenters. The van der Waals surface area contributed by atoms with Gasteiger partial charge in [-0.1, -0.05) is 13.8 Å². The van der Waals surface area contributed by atoms with E-state index in [1.54, 1.807) is 12.4 Å². The van der Waals surface area contributed by atoms with Gasteiger partial charge in [0.15, 0.2) is 0 Å². The maximum atomic E-state index is 5.39. The maximum Gasteiger partial charge on any atom is 0.224 e. The molecule has 0 saturated carbocycles. The van der Waals surface area contributed by atoms with Crippen LogP contribution >= 0.6 is 0 Å². The number of ether oxygens (including phenoxy) is 1. The summed E-state index contributed by atoms with van der Waals surface area (Å²) >= 11 is 0. The third kappa shape index (κ3) is 4.44. The Morgan fingerprint density at radius 2 is 1.89 bits per heavy atom. The number of nitrogens with zero attached hydrogens (tertiary/aromatic N) is 4. The molecule has 19 heavy (non-hydrogen) atoms. The third-order valence-corrected chi connectivity index (χ3v) is 3.31. The average Bonchev–Trinajstić information content (AvgIpc) is 2.39. The Balaban J connectivity index is 1.88. The van der Waals surface area contributed by atoms with Crippen LogP contribution in [0.3, 0.4) is 0 Å². The number of aromatic nitrogens is 2. The molecule has 0 aliphatic carbocycles. The minimum Gasteiger partial charge on any atom is -0.379 e. The molecule has 1 aromatic rings. The Morgan fingerprint density at radius 1 is 1.26 bits per heavy atom. The van der Waals surface area contributed by atoms with E-state index >= 15 is 0 Å². The Hall–Kier alpha value is -1.20. The lowest BCUT2D eigenvalue weighted by atomic mass is 9.92. The molecule has 1 saturated heterocycles. The Labute approximate surface area is 115 Å². The molecule has 0 N–H and O–H groups in total. The van der Waals surface area contributed by atoms with Gasteiger partial charge in [0.25, 0.3) is 0 Å². The second-order valence-electron chi connectivity index (χ2n) is 5.96. The molecular weight excluding hydrogens is 240 g/mol. The van der Waals surface area contributed by atoms with E-state index in [1.807, 2.05) is 6.07 Å². The summed E-state index contributed by atoms with van der Waals surface area (Å²) < 4.78 is 5.39. The smallest absolute Gasteiger partial charge is 0.224 e. The molecule has 5 heteroatoms. The molecular formula is C14H24N4O. The highest BCUT2D eigenvalue weighted by molar-refractivity contribution is 5.27. The van der Waals surface area contributed by atoms with Crippen LogP contribution in [0.15, 0.2) is 18.5 Å². The van der Waals surface area contributed by atoms with Crippen molar-refractivity contribution in [2.75, 3.05) is 51.3 Å². The van der Waals surface area contributed by atoms with Crippen molar-refractivity contribution in [2.24, 2.45) is 5.41 Å². The van der Waals surface area contributed by atoms with Crippen LogP contribution in [0.4, 0.5) is 5.95 Å². The number of morpholine rings is 1. The van der Waals surface area contributed by atoms with Gasteiger partial charge in [-0.2, -0.15) is 0 Å². The lowest BCUT2D eigenvalue weighted by Gasteiger charge is -2.37. The maximum absolute atomic E-state index is 5.39. The van der Waals surface area contributed by atoms with Crippen LogP contribution in [-0.4, -0.2) is 61.3 Å². The van der Waals surface area contributed by atoms with E-state index in [4.69, 9.17) is 4.74 Å². The first-order chi connectivity index (χ1) is 9.07. The van der Waals surface area contributed by atoms with Gasteiger partial charge in [0.1, 0.15) is 0 Å². The summed E-state index contributed by atoms with van der Waals surface area (Å²) in [5.74, 6) is 0.789. The summed E-state index contributed by atoms with van der Waals surface area (Å²) in [6.07, 6.45) is 3.57. The molecule has 2 heterocycles. The molecule has 2 rings (SSSR count). The molecule has 106 valence electrons. The van der Waals surface area contributed by atoms with Crippen molar-refractivity contribution in [2.45, 2.75) is 13.8 Å². The summed E-state index contributed by atoms with van der Waals surface area (Å²) in [5.41, 5.74) is 0.200. The second-order valence-corrected chi connectivity index (χ2v) is 5.96. The molecule has 0 radical (unpaired) electrons. The SMILES string of the molecule is CN(CC(C)(C)CN1CCOCC1)c1ncccn1. The molecule has 1 aliphatic heterocycles. The summed E-state index contributed by atoms with van der Waals surface area (Å²) in [6, 6.07) is 1.84. The highest BCUT2D eigenvalue weighted by atomic mass is 16.5. The van der Waals surface area contributed by atoms with Crippen LogP contribution in [0.25, 0.3) is 0 Å². The molecule has 1 aliphatic rings. The van der Waals surface area contributed by atoms with Gasteiger partial charge in [-0.25, -0.2) is 9.97 Å². The van der Waals surface area contributed by atoms with Crippen molar-refractivity contribution in [1.29, 1.82) is 0 Å². The fourth-order valence-electron chi connectivity index (χ4n) is 2.62. The van der Waals surface area contributed by atoms with Crippen molar-refractivity contribution < 1.29 is 4.74 Å². The lowest BCUT2D eigenvalue weighted by molar-refractivity contribution is 0.0223. The van der Waals surface area contributed by atoms with Gasteiger partial charge in [0.05, 0.1) is 13.2 Å². The van der Waals surface area contributed by atoms with Gasteiger partial charge in [-0.15, -0.1) is 0 Å². The fraction of sp³-hybridized carbons (Fsp3) is 0.714. The van der Waals surface area contributed by atoms with Crippen LogP contribution in [0.2, 0.25) is 0 Å². The summed E-state index contributed by atoms with van der Waals surface area (Å²) in [6.45, 7) is 10.4. The van der Waals surface area contributed by atoms with E-state index in [0.717, 1.165) is 45.3 Å². The van der Waals surface area contributed by atoms with E-state index in [2.05, 4.69) is 40.7 Å². The zero-order valence-electron chi connectivity index (χ0n) is 12.2. The minimum atomic E-state index is 0.200. The van der Waals surface area contributed by atoms with Crippen LogP contribution in [0.5, 0.6) is 0 Å².